The molecule has 2 aromatic carbocycles. The van der Waals surface area contributed by atoms with Crippen molar-refractivity contribution in [3.63, 3.8) is 0 Å². The van der Waals surface area contributed by atoms with Crippen LogP contribution in [0.25, 0.3) is 0 Å². The highest BCUT2D eigenvalue weighted by atomic mass is 35.5. The molecule has 0 spiro atoms. The van der Waals surface area contributed by atoms with Crippen molar-refractivity contribution in [2.75, 3.05) is 32.6 Å². The lowest BCUT2D eigenvalue weighted by Gasteiger charge is -2.18. The summed E-state index contributed by atoms with van der Waals surface area (Å²) in [6.45, 7) is 1.51. The monoisotopic (exact) mass is 410 g/mol. The molecule has 27 heavy (non-hydrogen) atoms. The summed E-state index contributed by atoms with van der Waals surface area (Å²) in [4.78, 5) is 25.7. The Labute approximate surface area is 168 Å². The summed E-state index contributed by atoms with van der Waals surface area (Å²) >= 11 is 11.8. The largest absolute Gasteiger partial charge is 0.495 e. The number of nitrogens with zero attached hydrogens (tertiary/aromatic N) is 1. The number of halogens is 2. The number of rotatable bonds is 7. The Morgan fingerprint density at radius 3 is 2.33 bits per heavy atom. The first-order chi connectivity index (χ1) is 12.8. The van der Waals surface area contributed by atoms with Crippen LogP contribution in [-0.4, -0.2) is 44.0 Å². The number of methoxy groups -OCH3 is 1. The van der Waals surface area contributed by atoms with E-state index in [4.69, 9.17) is 32.7 Å². The second-order valence-corrected chi connectivity index (χ2v) is 6.71. The number of aryl methyl sites for hydroxylation is 1. The van der Waals surface area contributed by atoms with Crippen molar-refractivity contribution in [2.45, 2.75) is 6.92 Å². The standard InChI is InChI=1S/C19H20Cl2N2O4/c1-12-8-13(20)4-6-16(12)27-11-19(25)23(2)10-18(24)22-15-9-14(21)5-7-17(15)26-3/h4-9H,10-11H2,1-3H3,(H,22,24). The normalized spacial score (nSPS) is 10.3. The zero-order valence-electron chi connectivity index (χ0n) is 15.2. The van der Waals surface area contributed by atoms with Crippen LogP contribution in [-0.2, 0) is 9.59 Å². The Morgan fingerprint density at radius 1 is 1.07 bits per heavy atom. The first-order valence-corrected chi connectivity index (χ1v) is 8.82. The lowest BCUT2D eigenvalue weighted by atomic mass is 10.2. The van der Waals surface area contributed by atoms with Crippen molar-refractivity contribution < 1.29 is 19.1 Å². The average Bonchev–Trinajstić information content (AvgIpc) is 2.60. The minimum Gasteiger partial charge on any atom is -0.495 e. The predicted octanol–water partition coefficient (Wildman–Crippen LogP) is 3.79. The third kappa shape index (κ3) is 6.05. The molecule has 144 valence electrons. The van der Waals surface area contributed by atoms with Gasteiger partial charge in [0.1, 0.15) is 11.5 Å². The second-order valence-electron chi connectivity index (χ2n) is 5.84. The van der Waals surface area contributed by atoms with Gasteiger partial charge in [0, 0.05) is 17.1 Å². The molecule has 2 rings (SSSR count). The van der Waals surface area contributed by atoms with E-state index in [-0.39, 0.29) is 25.0 Å². The third-order valence-electron chi connectivity index (χ3n) is 3.73. The summed E-state index contributed by atoms with van der Waals surface area (Å²) in [5.74, 6) is 0.323. The molecule has 0 unspecified atom stereocenters. The molecule has 0 bridgehead atoms. The van der Waals surface area contributed by atoms with E-state index in [1.54, 1.807) is 36.4 Å². The van der Waals surface area contributed by atoms with Crippen molar-refractivity contribution in [1.82, 2.24) is 4.90 Å². The van der Waals surface area contributed by atoms with Gasteiger partial charge in [-0.05, 0) is 48.9 Å². The average molecular weight is 411 g/mol. The molecule has 0 aliphatic heterocycles. The van der Waals surface area contributed by atoms with E-state index >= 15 is 0 Å². The van der Waals surface area contributed by atoms with E-state index in [1.165, 1.54) is 19.1 Å². The van der Waals surface area contributed by atoms with Gasteiger partial charge in [-0.1, -0.05) is 23.2 Å². The van der Waals surface area contributed by atoms with Gasteiger partial charge >= 0.3 is 0 Å². The Morgan fingerprint density at radius 2 is 1.70 bits per heavy atom. The zero-order chi connectivity index (χ0) is 20.0. The van der Waals surface area contributed by atoms with Gasteiger partial charge in [-0.3, -0.25) is 9.59 Å². The maximum absolute atomic E-state index is 12.2. The summed E-state index contributed by atoms with van der Waals surface area (Å²) in [7, 11) is 3.01. The van der Waals surface area contributed by atoms with E-state index in [2.05, 4.69) is 5.32 Å². The minimum atomic E-state index is -0.380. The molecule has 2 amide bonds. The highest BCUT2D eigenvalue weighted by Crippen LogP contribution is 2.27. The molecular formula is C19H20Cl2N2O4. The minimum absolute atomic E-state index is 0.141. The van der Waals surface area contributed by atoms with Crippen LogP contribution in [0.4, 0.5) is 5.69 Å². The third-order valence-corrected chi connectivity index (χ3v) is 4.20. The van der Waals surface area contributed by atoms with Crippen LogP contribution in [0.15, 0.2) is 36.4 Å². The number of nitrogens with one attached hydrogen (secondary N) is 1. The lowest BCUT2D eigenvalue weighted by molar-refractivity contribution is -0.135. The lowest BCUT2D eigenvalue weighted by Crippen LogP contribution is -2.37. The van der Waals surface area contributed by atoms with E-state index < -0.39 is 0 Å². The van der Waals surface area contributed by atoms with Gasteiger partial charge in [-0.15, -0.1) is 0 Å². The Hall–Kier alpha value is -2.44. The van der Waals surface area contributed by atoms with Crippen LogP contribution in [0, 0.1) is 6.92 Å². The molecule has 0 fully saturated rings. The van der Waals surface area contributed by atoms with Crippen LogP contribution in [0.5, 0.6) is 11.5 Å². The van der Waals surface area contributed by atoms with Crippen molar-refractivity contribution in [3.05, 3.63) is 52.0 Å². The van der Waals surface area contributed by atoms with Gasteiger partial charge in [0.15, 0.2) is 6.61 Å². The summed E-state index contributed by atoms with van der Waals surface area (Å²) in [6, 6.07) is 10.0. The van der Waals surface area contributed by atoms with Crippen LogP contribution in [0.1, 0.15) is 5.56 Å². The summed E-state index contributed by atoms with van der Waals surface area (Å²) in [6.07, 6.45) is 0. The van der Waals surface area contributed by atoms with Gasteiger partial charge < -0.3 is 19.7 Å². The molecule has 0 radical (unpaired) electrons. The van der Waals surface area contributed by atoms with Crippen LogP contribution in [0.2, 0.25) is 10.0 Å². The van der Waals surface area contributed by atoms with Crippen molar-refractivity contribution in [3.8, 4) is 11.5 Å². The molecular weight excluding hydrogens is 391 g/mol. The number of hydrogen-bond donors (Lipinski definition) is 1. The maximum Gasteiger partial charge on any atom is 0.260 e. The van der Waals surface area contributed by atoms with Gasteiger partial charge in [0.2, 0.25) is 5.91 Å². The molecule has 0 atom stereocenters. The molecule has 0 aliphatic rings. The fraction of sp³-hybridized carbons (Fsp3) is 0.263. The molecule has 0 heterocycles. The number of hydrogen-bond acceptors (Lipinski definition) is 4. The SMILES string of the molecule is COc1ccc(Cl)cc1NC(=O)CN(C)C(=O)COc1ccc(Cl)cc1C. The maximum atomic E-state index is 12.2. The highest BCUT2D eigenvalue weighted by molar-refractivity contribution is 6.31. The topological polar surface area (TPSA) is 67.9 Å². The molecule has 1 N–H and O–H groups in total. The molecule has 6 nitrogen and oxygen atoms in total. The molecule has 2 aromatic rings. The number of likely N-dealkylation sites (N-methyl/N-ethyl adjacent to an activating group) is 1. The number of anilines is 1. The Bertz CT molecular complexity index is 842. The number of benzene rings is 2. The van der Waals surface area contributed by atoms with Gasteiger partial charge in [0.25, 0.3) is 5.91 Å². The number of carbonyl (C=O) groups excluding carboxylic acids is 2. The quantitative estimate of drug-likeness (QED) is 0.753. The van der Waals surface area contributed by atoms with Crippen molar-refractivity contribution in [1.29, 1.82) is 0 Å². The van der Waals surface area contributed by atoms with E-state index in [1.807, 2.05) is 6.92 Å². The molecule has 0 saturated heterocycles. The van der Waals surface area contributed by atoms with Crippen LogP contribution >= 0.6 is 23.2 Å². The van der Waals surface area contributed by atoms with Gasteiger partial charge in [0.05, 0.1) is 19.3 Å². The van der Waals surface area contributed by atoms with E-state index in [0.29, 0.717) is 27.2 Å². The number of amides is 2. The summed E-state index contributed by atoms with van der Waals surface area (Å²) < 4.78 is 10.7. The van der Waals surface area contributed by atoms with E-state index in [9.17, 15) is 9.59 Å². The molecule has 8 heteroatoms. The highest BCUT2D eigenvalue weighted by Gasteiger charge is 2.16. The van der Waals surface area contributed by atoms with E-state index in [0.717, 1.165) is 5.56 Å². The second kappa shape index (κ2) is 9.48. The molecule has 0 aromatic heterocycles. The fourth-order valence-corrected chi connectivity index (χ4v) is 2.69. The summed E-state index contributed by atoms with van der Waals surface area (Å²) in [5.41, 5.74) is 1.26. The Kier molecular flexibility index (Phi) is 7.33. The predicted molar refractivity (Wildman–Crippen MR) is 106 cm³/mol. The van der Waals surface area contributed by atoms with Gasteiger partial charge in [-0.2, -0.15) is 0 Å². The smallest absolute Gasteiger partial charge is 0.260 e. The fourth-order valence-electron chi connectivity index (χ4n) is 2.30. The van der Waals surface area contributed by atoms with Crippen LogP contribution < -0.4 is 14.8 Å². The van der Waals surface area contributed by atoms with Crippen molar-refractivity contribution >= 4 is 40.7 Å². The first-order valence-electron chi connectivity index (χ1n) is 8.06. The summed E-state index contributed by atoms with van der Waals surface area (Å²) in [5, 5.41) is 3.73. The molecule has 0 aliphatic carbocycles. The van der Waals surface area contributed by atoms with Gasteiger partial charge in [-0.25, -0.2) is 0 Å². The molecule has 0 saturated carbocycles. The Balaban J connectivity index is 1.90. The van der Waals surface area contributed by atoms with Crippen LogP contribution in [0.3, 0.4) is 0 Å². The number of ether oxygens (including phenoxy) is 2. The first kappa shape index (κ1) is 20.9. The zero-order valence-corrected chi connectivity index (χ0v) is 16.7. The van der Waals surface area contributed by atoms with Crippen molar-refractivity contribution in [2.24, 2.45) is 0 Å². The number of carbonyl (C=O) groups is 2.